The molecular weight excluding hydrogens is 406 g/mol. The summed E-state index contributed by atoms with van der Waals surface area (Å²) in [6.45, 7) is 7.45. The van der Waals surface area contributed by atoms with Crippen LogP contribution in [0.25, 0.3) is 0 Å². The van der Waals surface area contributed by atoms with Gasteiger partial charge in [0.2, 0.25) is 11.8 Å². The van der Waals surface area contributed by atoms with Crippen LogP contribution in [-0.2, 0) is 32.2 Å². The zero-order chi connectivity index (χ0) is 21.9. The molecule has 1 fully saturated rings. The number of likely N-dealkylation sites (tertiary alicyclic amines) is 1. The van der Waals surface area contributed by atoms with Crippen molar-refractivity contribution in [3.63, 3.8) is 0 Å². The first-order valence-electron chi connectivity index (χ1n) is 9.82. The van der Waals surface area contributed by atoms with Crippen LogP contribution in [0.4, 0.5) is 5.13 Å². The van der Waals surface area contributed by atoms with E-state index in [0.29, 0.717) is 24.9 Å². The lowest BCUT2D eigenvalue weighted by Crippen LogP contribution is -2.44. The van der Waals surface area contributed by atoms with Gasteiger partial charge in [-0.2, -0.15) is 5.10 Å². The summed E-state index contributed by atoms with van der Waals surface area (Å²) in [6.07, 6.45) is 3.77. The van der Waals surface area contributed by atoms with E-state index in [4.69, 9.17) is 9.47 Å². The summed E-state index contributed by atoms with van der Waals surface area (Å²) in [5, 5.41) is 9.62. The summed E-state index contributed by atoms with van der Waals surface area (Å²) < 4.78 is 12.0. The SMILES string of the molecule is COCCn1cc([C@H]2[C@H](C(=O)Nc3nc(COC)cs3)CC(=O)N2C(C)(C)C)cn1. The van der Waals surface area contributed by atoms with Gasteiger partial charge >= 0.3 is 0 Å². The molecule has 0 spiro atoms. The Kier molecular flexibility index (Phi) is 6.89. The lowest BCUT2D eigenvalue weighted by molar-refractivity contribution is -0.133. The number of ether oxygens (including phenoxy) is 2. The van der Waals surface area contributed by atoms with Gasteiger partial charge in [0.15, 0.2) is 5.13 Å². The van der Waals surface area contributed by atoms with Gasteiger partial charge in [-0.3, -0.25) is 14.3 Å². The first-order valence-corrected chi connectivity index (χ1v) is 10.7. The number of hydrogen-bond donors (Lipinski definition) is 1. The third-order valence-corrected chi connectivity index (χ3v) is 5.78. The van der Waals surface area contributed by atoms with E-state index in [1.54, 1.807) is 30.0 Å². The summed E-state index contributed by atoms with van der Waals surface area (Å²) >= 11 is 1.34. The predicted molar refractivity (Wildman–Crippen MR) is 113 cm³/mol. The second-order valence-electron chi connectivity index (χ2n) is 8.29. The fourth-order valence-electron chi connectivity index (χ4n) is 3.76. The Hall–Kier alpha value is -2.30. The number of aromatic nitrogens is 3. The Morgan fingerprint density at radius 1 is 1.33 bits per heavy atom. The molecule has 9 nitrogen and oxygen atoms in total. The molecule has 2 aromatic rings. The molecule has 30 heavy (non-hydrogen) atoms. The molecule has 164 valence electrons. The van der Waals surface area contributed by atoms with Crippen LogP contribution in [0.15, 0.2) is 17.8 Å². The molecular formula is C20H29N5O4S. The Labute approximate surface area is 180 Å². The third-order valence-electron chi connectivity index (χ3n) is 4.98. The molecule has 2 aromatic heterocycles. The minimum absolute atomic E-state index is 0.0449. The van der Waals surface area contributed by atoms with Crippen molar-refractivity contribution < 1.29 is 19.1 Å². The summed E-state index contributed by atoms with van der Waals surface area (Å²) in [5.74, 6) is -0.800. The van der Waals surface area contributed by atoms with Crippen molar-refractivity contribution in [1.29, 1.82) is 0 Å². The standard InChI is InChI=1S/C20H29N5O4S/c1-20(2,3)25-16(26)8-15(17(25)13-9-21-24(10-13)6-7-28-4)18(27)23-19-22-14(11-29-5)12-30-19/h9-10,12,15,17H,6-8,11H2,1-5H3,(H,22,23,27)/t15-,17+/m1/s1. The van der Waals surface area contributed by atoms with Gasteiger partial charge < -0.3 is 19.7 Å². The third kappa shape index (κ3) is 4.88. The molecule has 0 bridgehead atoms. The number of methoxy groups -OCH3 is 2. The maximum atomic E-state index is 13.2. The second-order valence-corrected chi connectivity index (χ2v) is 9.14. The van der Waals surface area contributed by atoms with Gasteiger partial charge in [0.1, 0.15) is 0 Å². The van der Waals surface area contributed by atoms with Gasteiger partial charge in [0.05, 0.1) is 43.6 Å². The fraction of sp³-hybridized carbons (Fsp3) is 0.600. The Bertz CT molecular complexity index is 888. The minimum Gasteiger partial charge on any atom is -0.383 e. The summed E-state index contributed by atoms with van der Waals surface area (Å²) in [5.41, 5.74) is 1.16. The van der Waals surface area contributed by atoms with Crippen molar-refractivity contribution in [3.05, 3.63) is 29.0 Å². The van der Waals surface area contributed by atoms with Crippen molar-refractivity contribution in [2.45, 2.75) is 51.9 Å². The number of carbonyl (C=O) groups excluding carboxylic acids is 2. The minimum atomic E-state index is -0.536. The van der Waals surface area contributed by atoms with Gasteiger partial charge in [-0.1, -0.05) is 0 Å². The molecule has 0 aliphatic carbocycles. The van der Waals surface area contributed by atoms with Crippen molar-refractivity contribution >= 4 is 28.3 Å². The first kappa shape index (κ1) is 22.4. The lowest BCUT2D eigenvalue weighted by Gasteiger charge is -2.38. The number of nitrogens with zero attached hydrogens (tertiary/aromatic N) is 4. The molecule has 2 amide bonds. The van der Waals surface area contributed by atoms with Crippen LogP contribution in [-0.4, -0.2) is 57.8 Å². The highest BCUT2D eigenvalue weighted by atomic mass is 32.1. The maximum Gasteiger partial charge on any atom is 0.232 e. The zero-order valence-corrected chi connectivity index (χ0v) is 18.9. The van der Waals surface area contributed by atoms with Crippen LogP contribution in [0.1, 0.15) is 44.5 Å². The van der Waals surface area contributed by atoms with E-state index < -0.39 is 17.5 Å². The Balaban J connectivity index is 1.86. The number of thiazole rings is 1. The molecule has 0 aromatic carbocycles. The topological polar surface area (TPSA) is 98.6 Å². The van der Waals surface area contributed by atoms with Crippen LogP contribution in [0.2, 0.25) is 0 Å². The molecule has 10 heteroatoms. The van der Waals surface area contributed by atoms with Gasteiger partial charge in [-0.15, -0.1) is 11.3 Å². The number of rotatable bonds is 8. The quantitative estimate of drug-likeness (QED) is 0.684. The van der Waals surface area contributed by atoms with Gasteiger partial charge in [-0.05, 0) is 20.8 Å². The highest BCUT2D eigenvalue weighted by Gasteiger charge is 2.49. The maximum absolute atomic E-state index is 13.2. The summed E-state index contributed by atoms with van der Waals surface area (Å²) in [4.78, 5) is 32.2. The molecule has 1 aliphatic rings. The van der Waals surface area contributed by atoms with Crippen LogP contribution in [0.5, 0.6) is 0 Å². The van der Waals surface area contributed by atoms with E-state index in [2.05, 4.69) is 15.4 Å². The molecule has 1 aliphatic heterocycles. The van der Waals surface area contributed by atoms with E-state index >= 15 is 0 Å². The first-order chi connectivity index (χ1) is 14.2. The number of amides is 2. The Morgan fingerprint density at radius 2 is 2.10 bits per heavy atom. The predicted octanol–water partition coefficient (Wildman–Crippen LogP) is 2.46. The number of nitrogens with one attached hydrogen (secondary N) is 1. The van der Waals surface area contributed by atoms with Crippen molar-refractivity contribution in [1.82, 2.24) is 19.7 Å². The average Bonchev–Trinajstić information content (AvgIpc) is 3.38. The molecule has 1 saturated heterocycles. The van der Waals surface area contributed by atoms with E-state index in [0.717, 1.165) is 11.3 Å². The van der Waals surface area contributed by atoms with Crippen molar-refractivity contribution in [3.8, 4) is 0 Å². The normalized spacial score (nSPS) is 19.5. The van der Waals surface area contributed by atoms with Crippen molar-refractivity contribution in [2.75, 3.05) is 26.1 Å². The average molecular weight is 436 g/mol. The fourth-order valence-corrected chi connectivity index (χ4v) is 4.46. The summed E-state index contributed by atoms with van der Waals surface area (Å²) in [6, 6.07) is -0.396. The summed E-state index contributed by atoms with van der Waals surface area (Å²) in [7, 11) is 3.23. The largest absolute Gasteiger partial charge is 0.383 e. The highest BCUT2D eigenvalue weighted by Crippen LogP contribution is 2.43. The van der Waals surface area contributed by atoms with Crippen LogP contribution in [0.3, 0.4) is 0 Å². The smallest absolute Gasteiger partial charge is 0.232 e. The van der Waals surface area contributed by atoms with E-state index in [1.165, 1.54) is 11.3 Å². The van der Waals surface area contributed by atoms with Crippen molar-refractivity contribution in [2.24, 2.45) is 5.92 Å². The number of carbonyl (C=O) groups is 2. The number of hydrogen-bond acceptors (Lipinski definition) is 7. The lowest BCUT2D eigenvalue weighted by atomic mass is 9.93. The van der Waals surface area contributed by atoms with Gasteiger partial charge in [-0.25, -0.2) is 4.98 Å². The van der Waals surface area contributed by atoms with Crippen LogP contribution < -0.4 is 5.32 Å². The molecule has 3 rings (SSSR count). The van der Waals surface area contributed by atoms with Gasteiger partial charge in [0, 0.05) is 43.3 Å². The molecule has 0 radical (unpaired) electrons. The second kappa shape index (κ2) is 9.23. The van der Waals surface area contributed by atoms with E-state index in [1.807, 2.05) is 32.3 Å². The monoisotopic (exact) mass is 435 g/mol. The number of anilines is 1. The molecule has 2 atom stereocenters. The highest BCUT2D eigenvalue weighted by molar-refractivity contribution is 7.13. The van der Waals surface area contributed by atoms with E-state index in [9.17, 15) is 9.59 Å². The van der Waals surface area contributed by atoms with E-state index in [-0.39, 0.29) is 18.2 Å². The van der Waals surface area contributed by atoms with Crippen LogP contribution in [0, 0.1) is 5.92 Å². The van der Waals surface area contributed by atoms with Gasteiger partial charge in [0.25, 0.3) is 0 Å². The Morgan fingerprint density at radius 3 is 2.77 bits per heavy atom. The molecule has 0 saturated carbocycles. The molecule has 1 N–H and O–H groups in total. The van der Waals surface area contributed by atoms with Crippen LogP contribution >= 0.6 is 11.3 Å². The zero-order valence-electron chi connectivity index (χ0n) is 18.0. The molecule has 0 unspecified atom stereocenters. The molecule has 3 heterocycles.